The summed E-state index contributed by atoms with van der Waals surface area (Å²) in [5.41, 5.74) is -1.02. The predicted octanol–water partition coefficient (Wildman–Crippen LogP) is 2.60. The number of rotatable bonds is 2. The molecule has 0 aliphatic carbocycles. The number of nitro groups is 1. The molecule has 0 N–H and O–H groups in total. The molecular formula is C17H19N3O5S. The van der Waals surface area contributed by atoms with Crippen molar-refractivity contribution in [3.05, 3.63) is 38.1 Å². The molecule has 0 amide bonds. The third kappa shape index (κ3) is 2.95. The van der Waals surface area contributed by atoms with Crippen LogP contribution in [0.1, 0.15) is 28.1 Å². The Morgan fingerprint density at radius 1 is 1.46 bits per heavy atom. The Morgan fingerprint density at radius 2 is 2.19 bits per heavy atom. The van der Waals surface area contributed by atoms with Crippen LogP contribution in [0.3, 0.4) is 0 Å². The first-order valence-electron chi connectivity index (χ1n) is 9.38. The van der Waals surface area contributed by atoms with E-state index in [0.29, 0.717) is 37.7 Å². The van der Waals surface area contributed by atoms with Gasteiger partial charge in [-0.3, -0.25) is 14.9 Å². The van der Waals surface area contributed by atoms with Gasteiger partial charge in [-0.2, -0.15) is 4.98 Å². The molecule has 1 aromatic heterocycles. The third-order valence-electron chi connectivity index (χ3n) is 4.64. The van der Waals surface area contributed by atoms with E-state index in [2.05, 4.69) is 4.98 Å². The van der Waals surface area contributed by atoms with Gasteiger partial charge in [-0.15, -0.1) is 0 Å². The topological polar surface area (TPSA) is 94.8 Å². The van der Waals surface area contributed by atoms with Gasteiger partial charge in [0.15, 0.2) is 10.9 Å². The fourth-order valence-electron chi connectivity index (χ4n) is 3.40. The van der Waals surface area contributed by atoms with Crippen molar-refractivity contribution in [3.8, 4) is 0 Å². The van der Waals surface area contributed by atoms with Crippen LogP contribution in [0, 0.1) is 17.0 Å². The van der Waals surface area contributed by atoms with E-state index in [0.717, 1.165) is 11.3 Å². The lowest BCUT2D eigenvalue weighted by molar-refractivity contribution is -0.382. The first kappa shape index (κ1) is 15.0. The van der Waals surface area contributed by atoms with Crippen molar-refractivity contribution in [3.63, 3.8) is 0 Å². The van der Waals surface area contributed by atoms with Gasteiger partial charge >= 0.3 is 0 Å². The zero-order chi connectivity index (χ0) is 20.2. The first-order valence-corrected chi connectivity index (χ1v) is 9.20. The minimum atomic E-state index is -0.678. The lowest BCUT2D eigenvalue weighted by atomic mass is 10.0. The highest BCUT2D eigenvalue weighted by molar-refractivity contribution is 7.22. The number of fused-ring (bicyclic) bond motifs is 1. The number of nitro benzene ring substituents is 1. The Hall–Kier alpha value is -2.10. The summed E-state index contributed by atoms with van der Waals surface area (Å²) in [6, 6.07) is -0.514. The summed E-state index contributed by atoms with van der Waals surface area (Å²) in [6.45, 7) is 4.99. The van der Waals surface area contributed by atoms with Crippen molar-refractivity contribution < 1.29 is 17.1 Å². The molecule has 26 heavy (non-hydrogen) atoms. The van der Waals surface area contributed by atoms with E-state index in [1.807, 2.05) is 11.8 Å². The van der Waals surface area contributed by atoms with Crippen LogP contribution in [0.15, 0.2) is 16.9 Å². The summed E-state index contributed by atoms with van der Waals surface area (Å²) in [4.78, 5) is 29.5. The van der Waals surface area contributed by atoms with E-state index in [1.165, 1.54) is 6.92 Å². The molecule has 1 atom stereocenters. The molecule has 2 aliphatic rings. The molecule has 1 aromatic carbocycles. The molecule has 0 radical (unpaired) electrons. The quantitative estimate of drug-likeness (QED) is 0.585. The van der Waals surface area contributed by atoms with Crippen LogP contribution in [0.4, 0.5) is 10.8 Å². The van der Waals surface area contributed by atoms with Gasteiger partial charge in [-0.1, -0.05) is 11.3 Å². The summed E-state index contributed by atoms with van der Waals surface area (Å²) in [5.74, 6) is -0.608. The zero-order valence-corrected chi connectivity index (χ0v) is 15.2. The van der Waals surface area contributed by atoms with E-state index in [-0.39, 0.29) is 33.8 Å². The number of aromatic nitrogens is 1. The number of ether oxygens (including phenoxy) is 2. The maximum Gasteiger partial charge on any atom is 0.287 e. The van der Waals surface area contributed by atoms with Crippen molar-refractivity contribution in [2.45, 2.75) is 38.6 Å². The molecule has 2 saturated heterocycles. The number of nitrogens with zero attached hydrogens (tertiary/aromatic N) is 3. The fraction of sp³-hybridized carbons (Fsp3) is 0.529. The van der Waals surface area contributed by atoms with Gasteiger partial charge in [0.05, 0.1) is 25.8 Å². The normalized spacial score (nSPS) is 23.3. The highest BCUT2D eigenvalue weighted by Crippen LogP contribution is 2.37. The maximum atomic E-state index is 12.6. The van der Waals surface area contributed by atoms with Crippen LogP contribution in [0.25, 0.3) is 10.1 Å². The van der Waals surface area contributed by atoms with E-state index >= 15 is 0 Å². The Bertz CT molecular complexity index is 1040. The molecule has 9 heteroatoms. The summed E-state index contributed by atoms with van der Waals surface area (Å²) < 4.78 is 27.9. The van der Waals surface area contributed by atoms with Crippen molar-refractivity contribution in [1.29, 1.82) is 0 Å². The largest absolute Gasteiger partial charge is 0.348 e. The van der Waals surface area contributed by atoms with Gasteiger partial charge in [-0.05, 0) is 25.5 Å². The highest BCUT2D eigenvalue weighted by Gasteiger charge is 2.43. The van der Waals surface area contributed by atoms with Crippen molar-refractivity contribution in [1.82, 2.24) is 4.98 Å². The maximum absolute atomic E-state index is 12.6. The molecule has 2 aliphatic heterocycles. The van der Waals surface area contributed by atoms with Crippen LogP contribution in [0.5, 0.6) is 0 Å². The van der Waals surface area contributed by atoms with Crippen molar-refractivity contribution in [2.75, 3.05) is 24.6 Å². The monoisotopic (exact) mass is 379 g/mol. The minimum Gasteiger partial charge on any atom is -0.348 e. The SMILES string of the molecule is [2H]c1c(C)c([2H])c2c(=O)nc(N3CCC4(CC3)OCC(C)O4)sc2c1[N+](=O)[O-]. The van der Waals surface area contributed by atoms with Crippen LogP contribution in [-0.4, -0.2) is 41.5 Å². The van der Waals surface area contributed by atoms with Gasteiger partial charge < -0.3 is 14.4 Å². The lowest BCUT2D eigenvalue weighted by Crippen LogP contribution is -2.45. The molecule has 1 unspecified atom stereocenters. The molecule has 4 rings (SSSR count). The molecular weight excluding hydrogens is 358 g/mol. The van der Waals surface area contributed by atoms with Crippen LogP contribution in [-0.2, 0) is 9.47 Å². The lowest BCUT2D eigenvalue weighted by Gasteiger charge is -2.37. The summed E-state index contributed by atoms with van der Waals surface area (Å²) in [5, 5.41) is 11.8. The second-order valence-corrected chi connectivity index (χ2v) is 7.60. The first-order chi connectivity index (χ1) is 13.2. The molecule has 0 bridgehead atoms. The average molecular weight is 379 g/mol. The standard InChI is InChI=1S/C17H19N3O5S/c1-10-7-12-14(13(8-10)20(22)23)26-16(18-15(12)21)19-5-3-17(4-6-19)24-9-11(2)25-17/h7-8,11H,3-6,9H2,1-2H3/i7D,8D. The highest BCUT2D eigenvalue weighted by atomic mass is 32.1. The summed E-state index contributed by atoms with van der Waals surface area (Å²) in [6.07, 6.45) is 1.24. The predicted molar refractivity (Wildman–Crippen MR) is 98.0 cm³/mol. The van der Waals surface area contributed by atoms with E-state index < -0.39 is 22.0 Å². The smallest absolute Gasteiger partial charge is 0.287 e. The Balaban J connectivity index is 1.76. The van der Waals surface area contributed by atoms with E-state index in [4.69, 9.17) is 12.2 Å². The van der Waals surface area contributed by atoms with Gasteiger partial charge in [-0.25, -0.2) is 0 Å². The van der Waals surface area contributed by atoms with Gasteiger partial charge in [0.1, 0.15) is 4.70 Å². The van der Waals surface area contributed by atoms with Gasteiger partial charge in [0, 0.05) is 32.0 Å². The molecule has 2 fully saturated rings. The Kier molecular flexibility index (Phi) is 3.61. The van der Waals surface area contributed by atoms with Gasteiger partial charge in [0.25, 0.3) is 11.2 Å². The number of piperidine rings is 1. The van der Waals surface area contributed by atoms with Crippen LogP contribution >= 0.6 is 11.3 Å². The summed E-state index contributed by atoms with van der Waals surface area (Å²) in [7, 11) is 0. The molecule has 1 spiro atoms. The van der Waals surface area contributed by atoms with Crippen molar-refractivity contribution >= 4 is 32.2 Å². The zero-order valence-electron chi connectivity index (χ0n) is 16.4. The van der Waals surface area contributed by atoms with Crippen LogP contribution < -0.4 is 10.5 Å². The van der Waals surface area contributed by atoms with Crippen molar-refractivity contribution in [2.24, 2.45) is 0 Å². The number of benzene rings is 1. The number of hydrogen-bond acceptors (Lipinski definition) is 8. The van der Waals surface area contributed by atoms with Gasteiger partial charge in [0.2, 0.25) is 0 Å². The average Bonchev–Trinajstić information content (AvgIpc) is 3.00. The summed E-state index contributed by atoms with van der Waals surface area (Å²) >= 11 is 0.983. The second kappa shape index (κ2) is 6.26. The van der Waals surface area contributed by atoms with Crippen LogP contribution in [0.2, 0.25) is 0 Å². The number of anilines is 1. The van der Waals surface area contributed by atoms with E-state index in [9.17, 15) is 14.9 Å². The Labute approximate surface area is 156 Å². The molecule has 3 heterocycles. The molecule has 8 nitrogen and oxygen atoms in total. The second-order valence-electron chi connectivity index (χ2n) is 6.62. The number of hydrogen-bond donors (Lipinski definition) is 0. The Morgan fingerprint density at radius 3 is 2.81 bits per heavy atom. The third-order valence-corrected chi connectivity index (χ3v) is 5.77. The minimum absolute atomic E-state index is 0.0304. The fourth-order valence-corrected chi connectivity index (χ4v) is 4.49. The molecule has 2 aromatic rings. The molecule has 0 saturated carbocycles. The van der Waals surface area contributed by atoms with E-state index in [1.54, 1.807) is 0 Å². The molecule has 138 valence electrons.